The van der Waals surface area contributed by atoms with Crippen LogP contribution in [0.5, 0.6) is 0 Å². The van der Waals surface area contributed by atoms with Crippen LogP contribution < -0.4 is 0 Å². The molecule has 2 aromatic heterocycles. The molecule has 5 heteroatoms. The SMILES string of the molecule is CCCn1nncc1C(=O)Cc1ccccn1. The van der Waals surface area contributed by atoms with E-state index < -0.39 is 0 Å². The monoisotopic (exact) mass is 230 g/mol. The van der Waals surface area contributed by atoms with E-state index in [1.165, 1.54) is 6.20 Å². The Kier molecular flexibility index (Phi) is 3.59. The van der Waals surface area contributed by atoms with Gasteiger partial charge >= 0.3 is 0 Å². The maximum Gasteiger partial charge on any atom is 0.188 e. The Bertz CT molecular complexity index is 492. The summed E-state index contributed by atoms with van der Waals surface area (Å²) in [6.45, 7) is 2.75. The number of nitrogens with zero attached hydrogens (tertiary/aromatic N) is 4. The summed E-state index contributed by atoms with van der Waals surface area (Å²) in [4.78, 5) is 16.2. The lowest BCUT2D eigenvalue weighted by molar-refractivity contribution is 0.0981. The number of carbonyl (C=O) groups excluding carboxylic acids is 1. The summed E-state index contributed by atoms with van der Waals surface area (Å²) in [6.07, 6.45) is 4.41. The molecule has 0 N–H and O–H groups in total. The Hall–Kier alpha value is -2.04. The van der Waals surface area contributed by atoms with Crippen molar-refractivity contribution in [3.8, 4) is 0 Å². The van der Waals surface area contributed by atoms with Crippen LogP contribution in [0.2, 0.25) is 0 Å². The summed E-state index contributed by atoms with van der Waals surface area (Å²) in [7, 11) is 0. The van der Waals surface area contributed by atoms with Gasteiger partial charge in [0.25, 0.3) is 0 Å². The van der Waals surface area contributed by atoms with E-state index in [1.807, 2.05) is 25.1 Å². The summed E-state index contributed by atoms with van der Waals surface area (Å²) in [5.41, 5.74) is 1.32. The predicted molar refractivity (Wildman–Crippen MR) is 62.6 cm³/mol. The van der Waals surface area contributed by atoms with Crippen LogP contribution in [-0.2, 0) is 13.0 Å². The number of ketones is 1. The smallest absolute Gasteiger partial charge is 0.188 e. The highest BCUT2D eigenvalue weighted by atomic mass is 16.1. The zero-order valence-electron chi connectivity index (χ0n) is 9.71. The van der Waals surface area contributed by atoms with Crippen LogP contribution in [-0.4, -0.2) is 25.8 Å². The van der Waals surface area contributed by atoms with Gasteiger partial charge in [-0.25, -0.2) is 4.68 Å². The fourth-order valence-corrected chi connectivity index (χ4v) is 1.61. The third-order valence-electron chi connectivity index (χ3n) is 2.41. The molecule has 0 bridgehead atoms. The van der Waals surface area contributed by atoms with E-state index in [-0.39, 0.29) is 12.2 Å². The first-order chi connectivity index (χ1) is 8.31. The minimum Gasteiger partial charge on any atom is -0.292 e. The molecule has 0 atom stereocenters. The second-order valence-electron chi connectivity index (χ2n) is 3.76. The van der Waals surface area contributed by atoms with Crippen molar-refractivity contribution >= 4 is 5.78 Å². The quantitative estimate of drug-likeness (QED) is 0.730. The Balaban J connectivity index is 2.12. The second-order valence-corrected chi connectivity index (χ2v) is 3.76. The molecule has 2 heterocycles. The minimum absolute atomic E-state index is 0.00199. The van der Waals surface area contributed by atoms with Gasteiger partial charge in [0.2, 0.25) is 0 Å². The van der Waals surface area contributed by atoms with E-state index in [1.54, 1.807) is 10.9 Å². The molecule has 2 rings (SSSR count). The second kappa shape index (κ2) is 5.34. The standard InChI is InChI=1S/C12H14N4O/c1-2-7-16-11(9-14-15-16)12(17)8-10-5-3-4-6-13-10/h3-6,9H,2,7-8H2,1H3. The third-order valence-corrected chi connectivity index (χ3v) is 2.41. The first-order valence-corrected chi connectivity index (χ1v) is 5.63. The molecular weight excluding hydrogens is 216 g/mol. The van der Waals surface area contributed by atoms with E-state index in [4.69, 9.17) is 0 Å². The highest BCUT2D eigenvalue weighted by molar-refractivity contribution is 5.95. The lowest BCUT2D eigenvalue weighted by Crippen LogP contribution is -2.13. The number of hydrogen-bond donors (Lipinski definition) is 0. The van der Waals surface area contributed by atoms with Gasteiger partial charge in [-0.15, -0.1) is 5.10 Å². The summed E-state index contributed by atoms with van der Waals surface area (Å²) in [5, 5.41) is 7.67. The normalized spacial score (nSPS) is 10.4. The zero-order valence-corrected chi connectivity index (χ0v) is 9.71. The molecule has 0 saturated carbocycles. The Morgan fingerprint density at radius 3 is 3.00 bits per heavy atom. The average Bonchev–Trinajstić information content (AvgIpc) is 2.79. The lowest BCUT2D eigenvalue weighted by atomic mass is 10.1. The predicted octanol–water partition coefficient (Wildman–Crippen LogP) is 1.51. The Morgan fingerprint density at radius 1 is 1.41 bits per heavy atom. The Morgan fingerprint density at radius 2 is 2.29 bits per heavy atom. The maximum atomic E-state index is 12.0. The fourth-order valence-electron chi connectivity index (χ4n) is 1.61. The molecule has 88 valence electrons. The van der Waals surface area contributed by atoms with E-state index in [0.29, 0.717) is 12.2 Å². The van der Waals surface area contributed by atoms with Crippen LogP contribution in [0.15, 0.2) is 30.6 Å². The first-order valence-electron chi connectivity index (χ1n) is 5.63. The molecule has 0 unspecified atom stereocenters. The number of aromatic nitrogens is 4. The molecule has 2 aromatic rings. The molecule has 0 aliphatic heterocycles. The summed E-state index contributed by atoms with van der Waals surface area (Å²) in [5.74, 6) is 0.00199. The van der Waals surface area contributed by atoms with Gasteiger partial charge in [0, 0.05) is 18.4 Å². The molecule has 0 spiro atoms. The van der Waals surface area contributed by atoms with Crippen LogP contribution in [0.4, 0.5) is 0 Å². The first kappa shape index (κ1) is 11.4. The summed E-state index contributed by atoms with van der Waals surface area (Å²) in [6, 6.07) is 5.54. The molecule has 0 amide bonds. The van der Waals surface area contributed by atoms with E-state index in [2.05, 4.69) is 15.3 Å². The number of Topliss-reactive ketones (excluding diaryl/α,β-unsaturated/α-hetero) is 1. The van der Waals surface area contributed by atoms with Gasteiger partial charge in [0.15, 0.2) is 5.78 Å². The highest BCUT2D eigenvalue weighted by Gasteiger charge is 2.13. The average molecular weight is 230 g/mol. The van der Waals surface area contributed by atoms with Gasteiger partial charge in [-0.1, -0.05) is 18.2 Å². The van der Waals surface area contributed by atoms with Crippen LogP contribution >= 0.6 is 0 Å². The van der Waals surface area contributed by atoms with Crippen LogP contribution in [0, 0.1) is 0 Å². The number of rotatable bonds is 5. The third kappa shape index (κ3) is 2.75. The minimum atomic E-state index is 0.00199. The fraction of sp³-hybridized carbons (Fsp3) is 0.333. The molecule has 0 radical (unpaired) electrons. The zero-order chi connectivity index (χ0) is 12.1. The number of hydrogen-bond acceptors (Lipinski definition) is 4. The van der Waals surface area contributed by atoms with E-state index in [9.17, 15) is 4.79 Å². The number of aryl methyl sites for hydroxylation is 1. The van der Waals surface area contributed by atoms with E-state index >= 15 is 0 Å². The molecular formula is C12H14N4O. The van der Waals surface area contributed by atoms with Crippen LogP contribution in [0.25, 0.3) is 0 Å². The van der Waals surface area contributed by atoms with Crippen molar-refractivity contribution in [2.45, 2.75) is 26.3 Å². The highest BCUT2D eigenvalue weighted by Crippen LogP contribution is 2.04. The van der Waals surface area contributed by atoms with Crippen molar-refractivity contribution in [3.05, 3.63) is 42.0 Å². The molecule has 0 aromatic carbocycles. The van der Waals surface area contributed by atoms with Gasteiger partial charge in [0.1, 0.15) is 5.69 Å². The van der Waals surface area contributed by atoms with Crippen LogP contribution in [0.1, 0.15) is 29.5 Å². The van der Waals surface area contributed by atoms with E-state index in [0.717, 1.165) is 12.1 Å². The molecule has 17 heavy (non-hydrogen) atoms. The largest absolute Gasteiger partial charge is 0.292 e. The molecule has 0 aliphatic carbocycles. The molecule has 0 saturated heterocycles. The van der Waals surface area contributed by atoms with Crippen molar-refractivity contribution < 1.29 is 4.79 Å². The molecule has 5 nitrogen and oxygen atoms in total. The molecule has 0 aliphatic rings. The summed E-state index contributed by atoms with van der Waals surface area (Å²) < 4.78 is 1.64. The summed E-state index contributed by atoms with van der Waals surface area (Å²) >= 11 is 0. The number of carbonyl (C=O) groups is 1. The lowest BCUT2D eigenvalue weighted by Gasteiger charge is -2.03. The van der Waals surface area contributed by atoms with Crippen LogP contribution in [0.3, 0.4) is 0 Å². The van der Waals surface area contributed by atoms with Crippen molar-refractivity contribution in [2.75, 3.05) is 0 Å². The van der Waals surface area contributed by atoms with Crippen molar-refractivity contribution in [1.29, 1.82) is 0 Å². The maximum absolute atomic E-state index is 12.0. The van der Waals surface area contributed by atoms with Gasteiger partial charge in [-0.05, 0) is 18.6 Å². The van der Waals surface area contributed by atoms with Gasteiger partial charge in [0.05, 0.1) is 12.6 Å². The number of pyridine rings is 1. The van der Waals surface area contributed by atoms with Gasteiger partial charge < -0.3 is 0 Å². The van der Waals surface area contributed by atoms with Crippen molar-refractivity contribution in [3.63, 3.8) is 0 Å². The van der Waals surface area contributed by atoms with Crippen molar-refractivity contribution in [2.24, 2.45) is 0 Å². The molecule has 0 fully saturated rings. The van der Waals surface area contributed by atoms with Gasteiger partial charge in [-0.2, -0.15) is 0 Å². The Labute approximate surface area is 99.5 Å². The topological polar surface area (TPSA) is 60.7 Å². The van der Waals surface area contributed by atoms with Crippen molar-refractivity contribution in [1.82, 2.24) is 20.0 Å². The van der Waals surface area contributed by atoms with Gasteiger partial charge in [-0.3, -0.25) is 9.78 Å².